The highest BCUT2D eigenvalue weighted by molar-refractivity contribution is 7.90. The SMILES string of the molecule is CCOc1c2c(c(OCC)c3ccccc13)C(=O)N(c1ccc(CC3(NC(=O)NS(=O)(=O)c4ccc(F)cc4)CC3)cc1C)C2. The number of urea groups is 1. The number of nitrogens with one attached hydrogen (secondary N) is 2. The average Bonchev–Trinajstić information content (AvgIpc) is 3.66. The quantitative estimate of drug-likeness (QED) is 0.222. The first-order valence-corrected chi connectivity index (χ1v) is 16.4. The first kappa shape index (κ1) is 30.4. The van der Waals surface area contributed by atoms with Gasteiger partial charge in [-0.25, -0.2) is 22.3 Å². The second kappa shape index (κ2) is 11.7. The molecule has 1 aliphatic carbocycles. The fourth-order valence-electron chi connectivity index (χ4n) is 6.05. The number of amides is 3. The summed E-state index contributed by atoms with van der Waals surface area (Å²) in [7, 11) is -4.15. The number of fused-ring (bicyclic) bond motifs is 2. The van der Waals surface area contributed by atoms with Gasteiger partial charge >= 0.3 is 6.03 Å². The molecule has 1 saturated carbocycles. The van der Waals surface area contributed by atoms with Crippen molar-refractivity contribution in [1.82, 2.24) is 10.0 Å². The lowest BCUT2D eigenvalue weighted by Crippen LogP contribution is -2.46. The van der Waals surface area contributed by atoms with E-state index in [1.165, 1.54) is 0 Å². The van der Waals surface area contributed by atoms with Gasteiger partial charge in [-0.3, -0.25) is 4.79 Å². The maximum Gasteiger partial charge on any atom is 0.329 e. The number of hydrogen-bond acceptors (Lipinski definition) is 6. The van der Waals surface area contributed by atoms with Crippen LogP contribution in [0.3, 0.4) is 0 Å². The lowest BCUT2D eigenvalue weighted by molar-refractivity contribution is 0.0993. The summed E-state index contributed by atoms with van der Waals surface area (Å²) in [5, 5.41) is 4.55. The van der Waals surface area contributed by atoms with Crippen molar-refractivity contribution in [2.24, 2.45) is 0 Å². The molecule has 3 amide bonds. The van der Waals surface area contributed by atoms with Crippen LogP contribution in [-0.4, -0.2) is 39.1 Å². The molecule has 0 radical (unpaired) electrons. The molecule has 1 fully saturated rings. The Hall–Kier alpha value is -4.64. The molecule has 2 aliphatic rings. The number of benzene rings is 4. The fraction of sp³-hybridized carbons (Fsp3) is 0.294. The van der Waals surface area contributed by atoms with Crippen LogP contribution < -0.4 is 24.4 Å². The van der Waals surface area contributed by atoms with Gasteiger partial charge in [0.2, 0.25) is 0 Å². The Kier molecular flexibility index (Phi) is 7.90. The summed E-state index contributed by atoms with van der Waals surface area (Å²) in [5.41, 5.74) is 3.31. The molecule has 1 aliphatic heterocycles. The molecule has 0 bridgehead atoms. The first-order valence-electron chi connectivity index (χ1n) is 14.9. The maximum absolute atomic E-state index is 14.0. The Labute approximate surface area is 261 Å². The molecule has 4 aromatic rings. The molecule has 11 heteroatoms. The van der Waals surface area contributed by atoms with Crippen molar-refractivity contribution in [2.45, 2.75) is 57.0 Å². The normalized spacial score (nSPS) is 15.1. The van der Waals surface area contributed by atoms with Gasteiger partial charge in [-0.2, -0.15) is 0 Å². The van der Waals surface area contributed by atoms with E-state index in [4.69, 9.17) is 9.47 Å². The third-order valence-corrected chi connectivity index (χ3v) is 9.60. The molecule has 0 spiro atoms. The minimum absolute atomic E-state index is 0.157. The minimum atomic E-state index is -4.15. The zero-order valence-electron chi connectivity index (χ0n) is 25.3. The van der Waals surface area contributed by atoms with E-state index in [1.807, 2.05) is 68.0 Å². The summed E-state index contributed by atoms with van der Waals surface area (Å²) in [4.78, 5) is 28.2. The molecule has 6 rings (SSSR count). The average molecular weight is 632 g/mol. The fourth-order valence-corrected chi connectivity index (χ4v) is 6.95. The molecule has 0 atom stereocenters. The van der Waals surface area contributed by atoms with E-state index in [-0.39, 0.29) is 10.8 Å². The van der Waals surface area contributed by atoms with Crippen LogP contribution in [0.25, 0.3) is 10.8 Å². The summed E-state index contributed by atoms with van der Waals surface area (Å²) in [5.74, 6) is 0.526. The number of carbonyl (C=O) groups is 2. The molecule has 0 aromatic heterocycles. The number of sulfonamides is 1. The molecular weight excluding hydrogens is 597 g/mol. The summed E-state index contributed by atoms with van der Waals surface area (Å²) in [6, 6.07) is 17.0. The van der Waals surface area contributed by atoms with Crippen LogP contribution in [0.1, 0.15) is 53.7 Å². The van der Waals surface area contributed by atoms with Gasteiger partial charge in [-0.05, 0) is 81.5 Å². The van der Waals surface area contributed by atoms with Gasteiger partial charge < -0.3 is 19.7 Å². The number of nitrogens with zero attached hydrogens (tertiary/aromatic N) is 1. The van der Waals surface area contributed by atoms with E-state index in [2.05, 4.69) is 5.32 Å². The van der Waals surface area contributed by atoms with Crippen molar-refractivity contribution in [3.8, 4) is 11.5 Å². The van der Waals surface area contributed by atoms with Gasteiger partial charge in [0.05, 0.1) is 30.2 Å². The highest BCUT2D eigenvalue weighted by atomic mass is 32.2. The topological polar surface area (TPSA) is 114 Å². The zero-order chi connectivity index (χ0) is 31.9. The highest BCUT2D eigenvalue weighted by Gasteiger charge is 2.45. The van der Waals surface area contributed by atoms with Crippen molar-refractivity contribution >= 4 is 38.4 Å². The minimum Gasteiger partial charge on any atom is -0.493 e. The van der Waals surface area contributed by atoms with E-state index in [9.17, 15) is 22.4 Å². The number of ether oxygens (including phenoxy) is 2. The predicted octanol–water partition coefficient (Wildman–Crippen LogP) is 6.01. The molecule has 234 valence electrons. The molecule has 45 heavy (non-hydrogen) atoms. The van der Waals surface area contributed by atoms with Crippen molar-refractivity contribution in [2.75, 3.05) is 18.1 Å². The van der Waals surface area contributed by atoms with Gasteiger partial charge in [0.15, 0.2) is 0 Å². The van der Waals surface area contributed by atoms with Gasteiger partial charge in [0.25, 0.3) is 15.9 Å². The van der Waals surface area contributed by atoms with Crippen LogP contribution in [0.4, 0.5) is 14.9 Å². The third-order valence-electron chi connectivity index (χ3n) is 8.25. The van der Waals surface area contributed by atoms with E-state index < -0.39 is 27.4 Å². The summed E-state index contributed by atoms with van der Waals surface area (Å²) in [6.07, 6.45) is 1.86. The smallest absolute Gasteiger partial charge is 0.329 e. The van der Waals surface area contributed by atoms with Crippen molar-refractivity contribution in [3.63, 3.8) is 0 Å². The summed E-state index contributed by atoms with van der Waals surface area (Å²) < 4.78 is 52.5. The standard InChI is InChI=1S/C34H34FN3O6S/c1-4-43-30-25-8-6-7-9-26(25)31(44-5-2)29-27(30)20-38(32(29)39)28-15-10-22(18-21(28)3)19-34(16-17-34)36-33(40)37-45(41,42)24-13-11-23(35)12-14-24/h6-15,18H,4-5,16-17,19-20H2,1-3H3,(H2,36,37,40). The summed E-state index contributed by atoms with van der Waals surface area (Å²) >= 11 is 0. The molecule has 1 heterocycles. The number of halogens is 1. The highest BCUT2D eigenvalue weighted by Crippen LogP contribution is 2.47. The monoisotopic (exact) mass is 631 g/mol. The van der Waals surface area contributed by atoms with Crippen molar-refractivity contribution in [3.05, 3.63) is 94.8 Å². The second-order valence-corrected chi connectivity index (χ2v) is 13.1. The van der Waals surface area contributed by atoms with Crippen LogP contribution in [0.2, 0.25) is 0 Å². The van der Waals surface area contributed by atoms with E-state index in [0.717, 1.165) is 57.4 Å². The Morgan fingerprint density at radius 3 is 2.22 bits per heavy atom. The number of carbonyl (C=O) groups excluding carboxylic acids is 2. The van der Waals surface area contributed by atoms with Gasteiger partial charge in [0, 0.05) is 27.6 Å². The Bertz CT molecular complexity index is 1920. The Morgan fingerprint density at radius 2 is 1.60 bits per heavy atom. The molecule has 2 N–H and O–H groups in total. The number of aryl methyl sites for hydroxylation is 1. The number of anilines is 1. The molecule has 0 unspecified atom stereocenters. The van der Waals surface area contributed by atoms with Crippen molar-refractivity contribution in [1.29, 1.82) is 0 Å². The number of rotatable bonds is 10. The maximum atomic E-state index is 14.0. The Morgan fingerprint density at radius 1 is 0.956 bits per heavy atom. The summed E-state index contributed by atoms with van der Waals surface area (Å²) in [6.45, 7) is 6.96. The van der Waals surface area contributed by atoms with Gasteiger partial charge in [-0.15, -0.1) is 0 Å². The first-order chi connectivity index (χ1) is 21.6. The third kappa shape index (κ3) is 5.80. The van der Waals surface area contributed by atoms with Crippen LogP contribution in [0, 0.1) is 12.7 Å². The second-order valence-electron chi connectivity index (χ2n) is 11.4. The predicted molar refractivity (Wildman–Crippen MR) is 169 cm³/mol. The van der Waals surface area contributed by atoms with Crippen molar-refractivity contribution < 1.29 is 31.9 Å². The lowest BCUT2D eigenvalue weighted by atomic mass is 9.99. The lowest BCUT2D eigenvalue weighted by Gasteiger charge is -2.21. The molecule has 9 nitrogen and oxygen atoms in total. The van der Waals surface area contributed by atoms with E-state index in [0.29, 0.717) is 56.1 Å². The molecule has 0 saturated heterocycles. The molecule has 4 aromatic carbocycles. The van der Waals surface area contributed by atoms with Crippen LogP contribution in [0.15, 0.2) is 71.6 Å². The van der Waals surface area contributed by atoms with Crippen LogP contribution in [0.5, 0.6) is 11.5 Å². The van der Waals surface area contributed by atoms with Gasteiger partial charge in [0.1, 0.15) is 17.3 Å². The van der Waals surface area contributed by atoms with E-state index >= 15 is 0 Å². The van der Waals surface area contributed by atoms with Crippen LogP contribution >= 0.6 is 0 Å². The zero-order valence-corrected chi connectivity index (χ0v) is 26.1. The van der Waals surface area contributed by atoms with Gasteiger partial charge in [-0.1, -0.05) is 36.4 Å². The molecular formula is C34H34FN3O6S. The van der Waals surface area contributed by atoms with E-state index in [1.54, 1.807) is 4.90 Å². The largest absolute Gasteiger partial charge is 0.493 e. The van der Waals surface area contributed by atoms with Crippen LogP contribution in [-0.2, 0) is 23.0 Å². The number of hydrogen-bond donors (Lipinski definition) is 2. The Balaban J connectivity index is 1.21.